The molecule has 0 amide bonds. The predicted molar refractivity (Wildman–Crippen MR) is 64.2 cm³/mol. The lowest BCUT2D eigenvalue weighted by atomic mass is 10.1. The minimum absolute atomic E-state index is 0.436. The van der Waals surface area contributed by atoms with Crippen molar-refractivity contribution in [2.45, 2.75) is 32.2 Å². The van der Waals surface area contributed by atoms with E-state index in [1.54, 1.807) is 11.3 Å². The van der Waals surface area contributed by atoms with Crippen LogP contribution in [-0.4, -0.2) is 35.6 Å². The summed E-state index contributed by atoms with van der Waals surface area (Å²) in [6.45, 7) is 5.59. The third kappa shape index (κ3) is 3.00. The van der Waals surface area contributed by atoms with Crippen LogP contribution in [0.5, 0.6) is 0 Å². The summed E-state index contributed by atoms with van der Waals surface area (Å²) in [7, 11) is 0. The molecule has 2 heterocycles. The molecule has 0 aliphatic carbocycles. The van der Waals surface area contributed by atoms with Crippen molar-refractivity contribution in [1.82, 2.24) is 9.88 Å². The van der Waals surface area contributed by atoms with E-state index in [-0.39, 0.29) is 0 Å². The number of thiazole rings is 1. The first kappa shape index (κ1) is 11.0. The lowest BCUT2D eigenvalue weighted by Gasteiger charge is -2.29. The standard InChI is InChI=1S/C11H19N3S/c1-9-11(15-8-13-9)4-7-14-5-2-10(12)3-6-14/h8,10H,2-7,12H2,1H3. The maximum absolute atomic E-state index is 5.88. The first-order valence-electron chi connectivity index (χ1n) is 5.62. The Balaban J connectivity index is 1.77. The van der Waals surface area contributed by atoms with Crippen LogP contribution in [0.4, 0.5) is 0 Å². The third-order valence-corrected chi connectivity index (χ3v) is 4.13. The zero-order valence-corrected chi connectivity index (χ0v) is 10.1. The number of likely N-dealkylation sites (tertiary alicyclic amines) is 1. The maximum atomic E-state index is 5.88. The molecule has 1 aliphatic heterocycles. The molecule has 1 saturated heterocycles. The minimum atomic E-state index is 0.436. The molecule has 0 spiro atoms. The summed E-state index contributed by atoms with van der Waals surface area (Å²) in [6.07, 6.45) is 3.45. The van der Waals surface area contributed by atoms with E-state index in [9.17, 15) is 0 Å². The monoisotopic (exact) mass is 225 g/mol. The molecule has 1 aromatic rings. The molecule has 0 aromatic carbocycles. The zero-order valence-electron chi connectivity index (χ0n) is 9.28. The number of aryl methyl sites for hydroxylation is 1. The number of hydrogen-bond acceptors (Lipinski definition) is 4. The van der Waals surface area contributed by atoms with Gasteiger partial charge in [0, 0.05) is 17.5 Å². The van der Waals surface area contributed by atoms with Gasteiger partial charge in [0.25, 0.3) is 0 Å². The lowest BCUT2D eigenvalue weighted by molar-refractivity contribution is 0.216. The van der Waals surface area contributed by atoms with Gasteiger partial charge in [0.15, 0.2) is 0 Å². The van der Waals surface area contributed by atoms with Crippen LogP contribution in [0.15, 0.2) is 5.51 Å². The van der Waals surface area contributed by atoms with Crippen molar-refractivity contribution >= 4 is 11.3 Å². The smallest absolute Gasteiger partial charge is 0.0797 e. The number of nitrogens with zero attached hydrogens (tertiary/aromatic N) is 2. The number of rotatable bonds is 3. The Morgan fingerprint density at radius 2 is 2.27 bits per heavy atom. The molecule has 2 rings (SSSR count). The highest BCUT2D eigenvalue weighted by Gasteiger charge is 2.15. The highest BCUT2D eigenvalue weighted by molar-refractivity contribution is 7.09. The van der Waals surface area contributed by atoms with Crippen LogP contribution in [-0.2, 0) is 6.42 Å². The average molecular weight is 225 g/mol. The van der Waals surface area contributed by atoms with E-state index in [4.69, 9.17) is 5.73 Å². The normalized spacial score (nSPS) is 19.6. The van der Waals surface area contributed by atoms with Crippen molar-refractivity contribution in [2.24, 2.45) is 5.73 Å². The van der Waals surface area contributed by atoms with Crippen molar-refractivity contribution < 1.29 is 0 Å². The van der Waals surface area contributed by atoms with E-state index < -0.39 is 0 Å². The summed E-state index contributed by atoms with van der Waals surface area (Å²) in [5.41, 5.74) is 9.02. The van der Waals surface area contributed by atoms with Crippen LogP contribution in [0.2, 0.25) is 0 Å². The zero-order chi connectivity index (χ0) is 10.7. The summed E-state index contributed by atoms with van der Waals surface area (Å²) in [4.78, 5) is 8.22. The van der Waals surface area contributed by atoms with Crippen molar-refractivity contribution in [3.05, 3.63) is 16.1 Å². The van der Waals surface area contributed by atoms with E-state index in [1.165, 1.54) is 23.7 Å². The van der Waals surface area contributed by atoms with Gasteiger partial charge in [-0.05, 0) is 39.3 Å². The van der Waals surface area contributed by atoms with E-state index >= 15 is 0 Å². The molecular formula is C11H19N3S. The Hall–Kier alpha value is -0.450. The van der Waals surface area contributed by atoms with Gasteiger partial charge in [-0.25, -0.2) is 4.98 Å². The molecular weight excluding hydrogens is 206 g/mol. The third-order valence-electron chi connectivity index (χ3n) is 3.13. The molecule has 1 aromatic heterocycles. The van der Waals surface area contributed by atoms with E-state index in [0.29, 0.717) is 6.04 Å². The van der Waals surface area contributed by atoms with E-state index in [2.05, 4.69) is 16.8 Å². The Morgan fingerprint density at radius 1 is 1.53 bits per heavy atom. The second-order valence-corrected chi connectivity index (χ2v) is 5.23. The summed E-state index contributed by atoms with van der Waals surface area (Å²) in [6, 6.07) is 0.436. The highest BCUT2D eigenvalue weighted by Crippen LogP contribution is 2.15. The van der Waals surface area contributed by atoms with Crippen molar-refractivity contribution in [3.63, 3.8) is 0 Å². The van der Waals surface area contributed by atoms with Crippen molar-refractivity contribution in [3.8, 4) is 0 Å². The molecule has 15 heavy (non-hydrogen) atoms. The molecule has 84 valence electrons. The molecule has 3 nitrogen and oxygen atoms in total. The fraction of sp³-hybridized carbons (Fsp3) is 0.727. The molecule has 0 bridgehead atoms. The topological polar surface area (TPSA) is 42.2 Å². The Bertz CT molecular complexity index is 303. The fourth-order valence-corrected chi connectivity index (χ4v) is 2.77. The van der Waals surface area contributed by atoms with E-state index in [1.807, 2.05) is 5.51 Å². The average Bonchev–Trinajstić information content (AvgIpc) is 2.63. The predicted octanol–water partition coefficient (Wildman–Crippen LogP) is 1.42. The number of nitrogens with two attached hydrogens (primary N) is 1. The quantitative estimate of drug-likeness (QED) is 0.846. The second-order valence-electron chi connectivity index (χ2n) is 4.29. The molecule has 4 heteroatoms. The Labute approximate surface area is 95.3 Å². The van der Waals surface area contributed by atoms with Gasteiger partial charge in [-0.2, -0.15) is 0 Å². The largest absolute Gasteiger partial charge is 0.328 e. The molecule has 0 radical (unpaired) electrons. The second kappa shape index (κ2) is 5.05. The summed E-state index contributed by atoms with van der Waals surface area (Å²) < 4.78 is 0. The van der Waals surface area contributed by atoms with Gasteiger partial charge in [-0.1, -0.05) is 0 Å². The highest BCUT2D eigenvalue weighted by atomic mass is 32.1. The van der Waals surface area contributed by atoms with Crippen LogP contribution < -0.4 is 5.73 Å². The van der Waals surface area contributed by atoms with Crippen LogP contribution >= 0.6 is 11.3 Å². The molecule has 1 aliphatic rings. The first-order chi connectivity index (χ1) is 7.25. The SMILES string of the molecule is Cc1ncsc1CCN1CCC(N)CC1. The number of hydrogen-bond donors (Lipinski definition) is 1. The summed E-state index contributed by atoms with van der Waals surface area (Å²) in [5, 5.41) is 0. The Kier molecular flexibility index (Phi) is 3.72. The molecule has 0 unspecified atom stereocenters. The Morgan fingerprint density at radius 3 is 2.87 bits per heavy atom. The van der Waals surface area contributed by atoms with Gasteiger partial charge >= 0.3 is 0 Å². The molecule has 0 atom stereocenters. The van der Waals surface area contributed by atoms with Crippen molar-refractivity contribution in [2.75, 3.05) is 19.6 Å². The minimum Gasteiger partial charge on any atom is -0.328 e. The van der Waals surface area contributed by atoms with Gasteiger partial charge in [0.05, 0.1) is 11.2 Å². The first-order valence-corrected chi connectivity index (χ1v) is 6.50. The number of piperidine rings is 1. The molecule has 1 fully saturated rings. The van der Waals surface area contributed by atoms with Crippen LogP contribution in [0.3, 0.4) is 0 Å². The maximum Gasteiger partial charge on any atom is 0.0797 e. The van der Waals surface area contributed by atoms with Gasteiger partial charge in [0.2, 0.25) is 0 Å². The van der Waals surface area contributed by atoms with Gasteiger partial charge in [-0.3, -0.25) is 0 Å². The van der Waals surface area contributed by atoms with Crippen molar-refractivity contribution in [1.29, 1.82) is 0 Å². The lowest BCUT2D eigenvalue weighted by Crippen LogP contribution is -2.40. The van der Waals surface area contributed by atoms with Gasteiger partial charge in [-0.15, -0.1) is 11.3 Å². The molecule has 0 saturated carbocycles. The summed E-state index contributed by atoms with van der Waals surface area (Å²) in [5.74, 6) is 0. The van der Waals surface area contributed by atoms with Crippen LogP contribution in [0.1, 0.15) is 23.4 Å². The number of aromatic nitrogens is 1. The van der Waals surface area contributed by atoms with Crippen LogP contribution in [0.25, 0.3) is 0 Å². The van der Waals surface area contributed by atoms with Gasteiger partial charge < -0.3 is 10.6 Å². The van der Waals surface area contributed by atoms with E-state index in [0.717, 1.165) is 25.8 Å². The molecule has 2 N–H and O–H groups in total. The van der Waals surface area contributed by atoms with Crippen LogP contribution in [0, 0.1) is 6.92 Å². The fourth-order valence-electron chi connectivity index (χ4n) is 2.00. The van der Waals surface area contributed by atoms with Gasteiger partial charge in [0.1, 0.15) is 0 Å². The summed E-state index contributed by atoms with van der Waals surface area (Å²) >= 11 is 1.78.